The van der Waals surface area contributed by atoms with Crippen LogP contribution in [0.25, 0.3) is 0 Å². The molecule has 2 aliphatic rings. The third-order valence-electron chi connectivity index (χ3n) is 2.26. The lowest BCUT2D eigenvalue weighted by atomic mass is 10.0. The first-order chi connectivity index (χ1) is 5.83. The Morgan fingerprint density at radius 2 is 2.50 bits per heavy atom. The molecule has 4 nitrogen and oxygen atoms in total. The quantitative estimate of drug-likeness (QED) is 0.521. The van der Waals surface area contributed by atoms with E-state index in [1.807, 2.05) is 0 Å². The van der Waals surface area contributed by atoms with Crippen LogP contribution in [0.2, 0.25) is 0 Å². The second-order valence-electron chi connectivity index (χ2n) is 3.01. The largest absolute Gasteiger partial charge is 0.452 e. The Kier molecular flexibility index (Phi) is 1.77. The van der Waals surface area contributed by atoms with Gasteiger partial charge >= 0.3 is 5.97 Å². The number of carbonyl (C=O) groups excluding carboxylic acids is 1. The molecule has 2 aliphatic heterocycles. The van der Waals surface area contributed by atoms with Crippen LogP contribution < -0.4 is 5.32 Å². The van der Waals surface area contributed by atoms with Crippen molar-refractivity contribution in [3.05, 3.63) is 11.3 Å². The number of esters is 1. The van der Waals surface area contributed by atoms with Crippen LogP contribution in [0.1, 0.15) is 12.8 Å². The van der Waals surface area contributed by atoms with Gasteiger partial charge in [0.2, 0.25) is 0 Å². The van der Waals surface area contributed by atoms with Crippen LogP contribution in [0.5, 0.6) is 0 Å². The number of aliphatic hydroxyl groups is 1. The molecule has 0 radical (unpaired) electrons. The molecule has 66 valence electrons. The molecular weight excluding hydrogens is 158 g/mol. The number of fused-ring (bicyclic) bond motifs is 1. The maximum atomic E-state index is 11.1. The summed E-state index contributed by atoms with van der Waals surface area (Å²) >= 11 is 0. The first-order valence-corrected chi connectivity index (χ1v) is 4.11. The lowest BCUT2D eigenvalue weighted by molar-refractivity contribution is -0.140. The summed E-state index contributed by atoms with van der Waals surface area (Å²) in [4.78, 5) is 11.1. The molecule has 0 aromatic carbocycles. The lowest BCUT2D eigenvalue weighted by Crippen LogP contribution is -2.30. The summed E-state index contributed by atoms with van der Waals surface area (Å²) in [6, 6.07) is 0. The maximum absolute atomic E-state index is 11.1. The smallest absolute Gasteiger partial charge is 0.338 e. The van der Waals surface area contributed by atoms with Gasteiger partial charge in [0.15, 0.2) is 0 Å². The van der Waals surface area contributed by atoms with Crippen molar-refractivity contribution in [3.63, 3.8) is 0 Å². The van der Waals surface area contributed by atoms with Gasteiger partial charge in [-0.25, -0.2) is 4.79 Å². The minimum absolute atomic E-state index is 0.117. The number of carbonyl (C=O) groups is 1. The predicted octanol–water partition coefficient (Wildman–Crippen LogP) is -0.458. The number of piperidine rings is 1. The van der Waals surface area contributed by atoms with Crippen molar-refractivity contribution in [2.24, 2.45) is 0 Å². The summed E-state index contributed by atoms with van der Waals surface area (Å²) in [5, 5.41) is 12.0. The molecule has 1 fully saturated rings. The summed E-state index contributed by atoms with van der Waals surface area (Å²) in [6.07, 6.45) is 1.77. The van der Waals surface area contributed by atoms with Crippen molar-refractivity contribution in [3.8, 4) is 0 Å². The molecule has 4 heteroatoms. The van der Waals surface area contributed by atoms with Crippen LogP contribution in [0.3, 0.4) is 0 Å². The standard InChI is InChI=1S/C8H11NO3/c10-4-5-7-6(12-8(5)11)2-1-3-9-7/h6,9-10H,1-4H2. The highest BCUT2D eigenvalue weighted by Crippen LogP contribution is 2.26. The van der Waals surface area contributed by atoms with Crippen LogP contribution in [0.15, 0.2) is 11.3 Å². The molecule has 1 unspecified atom stereocenters. The second kappa shape index (κ2) is 2.79. The molecule has 2 N–H and O–H groups in total. The van der Waals surface area contributed by atoms with E-state index < -0.39 is 0 Å². The Balaban J connectivity index is 2.28. The SMILES string of the molecule is O=C1OC2CCCNC2=C1CO. The molecule has 0 amide bonds. The summed E-state index contributed by atoms with van der Waals surface area (Å²) in [5.41, 5.74) is 1.20. The molecule has 0 bridgehead atoms. The topological polar surface area (TPSA) is 58.6 Å². The molecule has 2 rings (SSSR count). The van der Waals surface area contributed by atoms with Gasteiger partial charge < -0.3 is 15.2 Å². The average molecular weight is 169 g/mol. The summed E-state index contributed by atoms with van der Waals surface area (Å²) < 4.78 is 5.03. The van der Waals surface area contributed by atoms with E-state index in [4.69, 9.17) is 9.84 Å². The van der Waals surface area contributed by atoms with Gasteiger partial charge in [0.1, 0.15) is 6.10 Å². The summed E-state index contributed by atoms with van der Waals surface area (Å²) in [5.74, 6) is -0.369. The molecule has 12 heavy (non-hydrogen) atoms. The highest BCUT2D eigenvalue weighted by molar-refractivity contribution is 5.92. The van der Waals surface area contributed by atoms with E-state index in [1.165, 1.54) is 0 Å². The van der Waals surface area contributed by atoms with Crippen LogP contribution in [0.4, 0.5) is 0 Å². The molecule has 0 saturated carbocycles. The molecule has 0 aromatic rings. The summed E-state index contributed by atoms with van der Waals surface area (Å²) in [6.45, 7) is 0.643. The molecule has 1 atom stereocenters. The van der Waals surface area contributed by atoms with Gasteiger partial charge in [-0.3, -0.25) is 0 Å². The summed E-state index contributed by atoms with van der Waals surface area (Å²) in [7, 11) is 0. The molecule has 0 aromatic heterocycles. The second-order valence-corrected chi connectivity index (χ2v) is 3.01. The Morgan fingerprint density at radius 1 is 1.67 bits per heavy atom. The third kappa shape index (κ3) is 0.992. The first kappa shape index (κ1) is 7.61. The Labute approximate surface area is 70.2 Å². The van der Waals surface area contributed by atoms with Crippen molar-refractivity contribution in [1.82, 2.24) is 5.32 Å². The van der Waals surface area contributed by atoms with Gasteiger partial charge in [-0.2, -0.15) is 0 Å². The van der Waals surface area contributed by atoms with Gasteiger partial charge in [-0.15, -0.1) is 0 Å². The number of hydrogen-bond acceptors (Lipinski definition) is 4. The van der Waals surface area contributed by atoms with Gasteiger partial charge in [0, 0.05) is 6.54 Å². The fraction of sp³-hybridized carbons (Fsp3) is 0.625. The fourth-order valence-corrected chi connectivity index (χ4v) is 1.65. The monoisotopic (exact) mass is 169 g/mol. The van der Waals surface area contributed by atoms with E-state index in [0.29, 0.717) is 5.57 Å². The van der Waals surface area contributed by atoms with Gasteiger partial charge in [-0.1, -0.05) is 0 Å². The van der Waals surface area contributed by atoms with Crippen molar-refractivity contribution in [1.29, 1.82) is 0 Å². The first-order valence-electron chi connectivity index (χ1n) is 4.11. The minimum Gasteiger partial charge on any atom is -0.452 e. The normalized spacial score (nSPS) is 28.1. The van der Waals surface area contributed by atoms with Gasteiger partial charge in [0.05, 0.1) is 17.9 Å². The van der Waals surface area contributed by atoms with E-state index in [-0.39, 0.29) is 18.7 Å². The van der Waals surface area contributed by atoms with E-state index in [2.05, 4.69) is 5.32 Å². The Morgan fingerprint density at radius 3 is 3.25 bits per heavy atom. The molecule has 1 saturated heterocycles. The van der Waals surface area contributed by atoms with E-state index in [9.17, 15) is 4.79 Å². The van der Waals surface area contributed by atoms with Crippen molar-refractivity contribution in [2.45, 2.75) is 18.9 Å². The lowest BCUT2D eigenvalue weighted by Gasteiger charge is -2.21. The number of aliphatic hydroxyl groups excluding tert-OH is 1. The van der Waals surface area contributed by atoms with Crippen molar-refractivity contribution < 1.29 is 14.6 Å². The van der Waals surface area contributed by atoms with Gasteiger partial charge in [-0.05, 0) is 12.8 Å². The number of nitrogens with one attached hydrogen (secondary N) is 1. The zero-order chi connectivity index (χ0) is 8.55. The number of hydrogen-bond donors (Lipinski definition) is 2. The van der Waals surface area contributed by atoms with E-state index in [1.54, 1.807) is 0 Å². The zero-order valence-electron chi connectivity index (χ0n) is 6.67. The van der Waals surface area contributed by atoms with Crippen LogP contribution >= 0.6 is 0 Å². The Bertz CT molecular complexity index is 247. The highest BCUT2D eigenvalue weighted by Gasteiger charge is 2.34. The van der Waals surface area contributed by atoms with Gasteiger partial charge in [0.25, 0.3) is 0 Å². The van der Waals surface area contributed by atoms with Crippen molar-refractivity contribution >= 4 is 5.97 Å². The molecule has 0 spiro atoms. The van der Waals surface area contributed by atoms with Crippen molar-refractivity contribution in [2.75, 3.05) is 13.2 Å². The third-order valence-corrected chi connectivity index (χ3v) is 2.26. The number of rotatable bonds is 1. The fourth-order valence-electron chi connectivity index (χ4n) is 1.65. The molecular formula is C8H11NO3. The van der Waals surface area contributed by atoms with E-state index >= 15 is 0 Å². The highest BCUT2D eigenvalue weighted by atomic mass is 16.5. The van der Waals surface area contributed by atoms with Crippen LogP contribution in [-0.2, 0) is 9.53 Å². The maximum Gasteiger partial charge on any atom is 0.338 e. The van der Waals surface area contributed by atoms with E-state index in [0.717, 1.165) is 25.1 Å². The van der Waals surface area contributed by atoms with Crippen LogP contribution in [0, 0.1) is 0 Å². The number of ether oxygens (including phenoxy) is 1. The predicted molar refractivity (Wildman–Crippen MR) is 41.2 cm³/mol. The zero-order valence-corrected chi connectivity index (χ0v) is 6.67. The minimum atomic E-state index is -0.369. The molecule has 0 aliphatic carbocycles. The van der Waals surface area contributed by atoms with Crippen LogP contribution in [-0.4, -0.2) is 30.3 Å². The Hall–Kier alpha value is -1.03. The molecule has 2 heterocycles. The average Bonchev–Trinajstić information content (AvgIpc) is 2.40.